The Morgan fingerprint density at radius 2 is 1.86 bits per heavy atom. The summed E-state index contributed by atoms with van der Waals surface area (Å²) in [6, 6.07) is 11.0. The number of aromatic carboxylic acids is 1. The Morgan fingerprint density at radius 1 is 1.18 bits per heavy atom. The maximum atomic E-state index is 11.8. The molecule has 0 saturated carbocycles. The van der Waals surface area contributed by atoms with Crippen molar-refractivity contribution in [3.05, 3.63) is 57.5 Å². The van der Waals surface area contributed by atoms with Gasteiger partial charge in [0.25, 0.3) is 5.91 Å². The van der Waals surface area contributed by atoms with Gasteiger partial charge in [-0.1, -0.05) is 27.5 Å². The van der Waals surface area contributed by atoms with E-state index in [2.05, 4.69) is 21.2 Å². The van der Waals surface area contributed by atoms with Gasteiger partial charge in [-0.2, -0.15) is 0 Å². The lowest BCUT2D eigenvalue weighted by molar-refractivity contribution is -0.254. The lowest BCUT2D eigenvalue weighted by Gasteiger charge is -2.12. The molecule has 0 heterocycles. The van der Waals surface area contributed by atoms with Gasteiger partial charge in [-0.3, -0.25) is 4.79 Å². The lowest BCUT2D eigenvalue weighted by atomic mass is 10.2. The summed E-state index contributed by atoms with van der Waals surface area (Å²) in [5, 5.41) is 13.7. The fraction of sp³-hybridized carbons (Fsp3) is 0.0667. The van der Waals surface area contributed by atoms with Gasteiger partial charge in [-0.15, -0.1) is 0 Å². The summed E-state index contributed by atoms with van der Waals surface area (Å²) in [7, 11) is 0. The van der Waals surface area contributed by atoms with Crippen LogP contribution < -0.4 is 15.2 Å². The van der Waals surface area contributed by atoms with Crippen molar-refractivity contribution < 1.29 is 19.4 Å². The van der Waals surface area contributed by atoms with Crippen LogP contribution in [0.15, 0.2) is 46.9 Å². The summed E-state index contributed by atoms with van der Waals surface area (Å²) in [6.45, 7) is -0.253. The molecule has 1 N–H and O–H groups in total. The topological polar surface area (TPSA) is 78.5 Å². The van der Waals surface area contributed by atoms with Crippen molar-refractivity contribution in [1.29, 1.82) is 0 Å². The minimum absolute atomic E-state index is 0.105. The van der Waals surface area contributed by atoms with Crippen LogP contribution >= 0.6 is 27.5 Å². The van der Waals surface area contributed by atoms with Crippen molar-refractivity contribution in [3.63, 3.8) is 0 Å². The molecule has 0 radical (unpaired) electrons. The maximum absolute atomic E-state index is 11.8. The van der Waals surface area contributed by atoms with Crippen LogP contribution in [0, 0.1) is 0 Å². The maximum Gasteiger partial charge on any atom is 0.262 e. The number of benzene rings is 2. The largest absolute Gasteiger partial charge is 0.545 e. The molecule has 2 aromatic rings. The van der Waals surface area contributed by atoms with Crippen LogP contribution in [-0.4, -0.2) is 18.5 Å². The number of carbonyl (C=O) groups is 2. The van der Waals surface area contributed by atoms with Crippen LogP contribution in [0.4, 0.5) is 5.69 Å². The van der Waals surface area contributed by atoms with Gasteiger partial charge in [0.2, 0.25) is 0 Å². The van der Waals surface area contributed by atoms with Crippen molar-refractivity contribution in [3.8, 4) is 5.75 Å². The van der Waals surface area contributed by atoms with Gasteiger partial charge in [0.1, 0.15) is 5.75 Å². The summed E-state index contributed by atoms with van der Waals surface area (Å²) in [5.41, 5.74) is -0.0849. The molecule has 1 amide bonds. The highest BCUT2D eigenvalue weighted by Crippen LogP contribution is 2.20. The quantitative estimate of drug-likeness (QED) is 0.860. The summed E-state index contributed by atoms with van der Waals surface area (Å²) >= 11 is 9.01. The average molecular weight is 384 g/mol. The number of carboxylic acids is 1. The first-order chi connectivity index (χ1) is 10.5. The molecule has 0 fully saturated rings. The van der Waals surface area contributed by atoms with Gasteiger partial charge >= 0.3 is 0 Å². The van der Waals surface area contributed by atoms with Crippen LogP contribution in [0.25, 0.3) is 0 Å². The van der Waals surface area contributed by atoms with Gasteiger partial charge in [0.15, 0.2) is 6.61 Å². The van der Waals surface area contributed by atoms with Crippen molar-refractivity contribution in [1.82, 2.24) is 0 Å². The highest BCUT2D eigenvalue weighted by Gasteiger charge is 2.09. The van der Waals surface area contributed by atoms with E-state index < -0.39 is 11.9 Å². The SMILES string of the molecule is O=C(COc1ccc(Br)cc1)Nc1ccc(Cl)cc1C(=O)[O-]. The second kappa shape index (κ2) is 7.29. The standard InChI is InChI=1S/C15H11BrClNO4/c16-9-1-4-11(5-2-9)22-8-14(19)18-13-6-3-10(17)7-12(13)15(20)21/h1-7H,8H2,(H,18,19)(H,20,21)/p-1. The molecule has 0 bridgehead atoms. The van der Waals surface area contributed by atoms with Gasteiger partial charge in [0, 0.05) is 15.1 Å². The van der Waals surface area contributed by atoms with E-state index in [-0.39, 0.29) is 22.9 Å². The molecule has 22 heavy (non-hydrogen) atoms. The Hall–Kier alpha value is -2.05. The Balaban J connectivity index is 2.00. The number of rotatable bonds is 5. The molecule has 7 heteroatoms. The molecule has 2 rings (SSSR count). The first-order valence-corrected chi connectivity index (χ1v) is 7.32. The number of hydrogen-bond acceptors (Lipinski definition) is 4. The van der Waals surface area contributed by atoms with E-state index in [0.29, 0.717) is 5.75 Å². The molecule has 0 aliphatic carbocycles. The number of hydrogen-bond donors (Lipinski definition) is 1. The predicted molar refractivity (Wildman–Crippen MR) is 84.0 cm³/mol. The highest BCUT2D eigenvalue weighted by atomic mass is 79.9. The molecule has 0 aliphatic heterocycles. The molecule has 2 aromatic carbocycles. The Morgan fingerprint density at radius 3 is 2.50 bits per heavy atom. The minimum Gasteiger partial charge on any atom is -0.545 e. The van der Waals surface area contributed by atoms with Gasteiger partial charge in [-0.25, -0.2) is 0 Å². The van der Waals surface area contributed by atoms with Crippen molar-refractivity contribution in [2.24, 2.45) is 0 Å². The molecule has 0 spiro atoms. The molecule has 114 valence electrons. The molecule has 0 unspecified atom stereocenters. The molecule has 0 aromatic heterocycles. The fourth-order valence-corrected chi connectivity index (χ4v) is 2.10. The fourth-order valence-electron chi connectivity index (χ4n) is 1.66. The van der Waals surface area contributed by atoms with Crippen LogP contribution in [0.2, 0.25) is 5.02 Å². The molecule has 0 aliphatic rings. The summed E-state index contributed by atoms with van der Waals surface area (Å²) in [5.74, 6) is -1.39. The van der Waals surface area contributed by atoms with Gasteiger partial charge < -0.3 is 20.0 Å². The zero-order valence-corrected chi connectivity index (χ0v) is 13.5. The minimum atomic E-state index is -1.42. The number of nitrogens with one attached hydrogen (secondary N) is 1. The molecule has 0 saturated heterocycles. The Kier molecular flexibility index (Phi) is 5.41. The van der Waals surface area contributed by atoms with E-state index in [1.54, 1.807) is 24.3 Å². The predicted octanol–water partition coefficient (Wildman–Crippen LogP) is 2.48. The third-order valence-electron chi connectivity index (χ3n) is 2.66. The summed E-state index contributed by atoms with van der Waals surface area (Å²) in [6.07, 6.45) is 0. The van der Waals surface area contributed by atoms with Crippen molar-refractivity contribution >= 4 is 45.1 Å². The number of anilines is 1. The van der Waals surface area contributed by atoms with Gasteiger partial charge in [-0.05, 0) is 42.5 Å². The molecule has 0 atom stereocenters. The zero-order chi connectivity index (χ0) is 16.1. The van der Waals surface area contributed by atoms with E-state index in [1.807, 2.05) is 0 Å². The highest BCUT2D eigenvalue weighted by molar-refractivity contribution is 9.10. The number of amides is 1. The van der Waals surface area contributed by atoms with Crippen molar-refractivity contribution in [2.45, 2.75) is 0 Å². The Bertz CT molecular complexity index is 703. The number of carbonyl (C=O) groups excluding carboxylic acids is 2. The normalized spacial score (nSPS) is 10.1. The molecule has 5 nitrogen and oxygen atoms in total. The van der Waals surface area contributed by atoms with Crippen LogP contribution in [0.5, 0.6) is 5.75 Å². The molecular weight excluding hydrogens is 374 g/mol. The molecular formula is C15H10BrClNO4-. The zero-order valence-electron chi connectivity index (χ0n) is 11.1. The number of ether oxygens (including phenoxy) is 1. The van der Waals surface area contributed by atoms with Gasteiger partial charge in [0.05, 0.1) is 11.7 Å². The van der Waals surface area contributed by atoms with Crippen LogP contribution in [0.3, 0.4) is 0 Å². The third-order valence-corrected chi connectivity index (χ3v) is 3.42. The smallest absolute Gasteiger partial charge is 0.262 e. The average Bonchev–Trinajstić information content (AvgIpc) is 2.48. The van der Waals surface area contributed by atoms with Crippen LogP contribution in [-0.2, 0) is 4.79 Å². The van der Waals surface area contributed by atoms with E-state index in [9.17, 15) is 14.7 Å². The lowest BCUT2D eigenvalue weighted by Crippen LogP contribution is -2.26. The van der Waals surface area contributed by atoms with Crippen LogP contribution in [0.1, 0.15) is 10.4 Å². The Labute approximate surface area is 140 Å². The summed E-state index contributed by atoms with van der Waals surface area (Å²) in [4.78, 5) is 22.8. The summed E-state index contributed by atoms with van der Waals surface area (Å²) < 4.78 is 6.19. The number of carboxylic acid groups (broad SMARTS) is 1. The second-order valence-electron chi connectivity index (χ2n) is 4.27. The van der Waals surface area contributed by atoms with E-state index in [1.165, 1.54) is 18.2 Å². The third kappa shape index (κ3) is 4.47. The van der Waals surface area contributed by atoms with Crippen molar-refractivity contribution in [2.75, 3.05) is 11.9 Å². The van der Waals surface area contributed by atoms with E-state index in [4.69, 9.17) is 16.3 Å². The number of halogens is 2. The first-order valence-electron chi connectivity index (χ1n) is 6.15. The second-order valence-corrected chi connectivity index (χ2v) is 5.62. The van der Waals surface area contributed by atoms with E-state index >= 15 is 0 Å². The van der Waals surface area contributed by atoms with E-state index in [0.717, 1.165) is 4.47 Å². The monoisotopic (exact) mass is 382 g/mol. The first kappa shape index (κ1) is 16.3.